The molecule has 1 atom stereocenters. The maximum atomic E-state index is 13.3. The highest BCUT2D eigenvalue weighted by molar-refractivity contribution is 7.86. The van der Waals surface area contributed by atoms with Crippen molar-refractivity contribution in [3.05, 3.63) is 42.0 Å². The molecule has 0 fully saturated rings. The van der Waals surface area contributed by atoms with Gasteiger partial charge in [0.25, 0.3) is 0 Å². The van der Waals surface area contributed by atoms with E-state index in [1.165, 1.54) is 6.07 Å². The maximum absolute atomic E-state index is 13.3. The second-order valence-corrected chi connectivity index (χ2v) is 7.32. The van der Waals surface area contributed by atoms with Gasteiger partial charge in [-0.05, 0) is 29.4 Å². The van der Waals surface area contributed by atoms with Crippen LogP contribution < -0.4 is 4.74 Å². The molecule has 0 aliphatic rings. The third-order valence-corrected chi connectivity index (χ3v) is 4.91. The number of rotatable bonds is 6. The molecule has 0 aliphatic carbocycles. The molecule has 25 heavy (non-hydrogen) atoms. The van der Waals surface area contributed by atoms with E-state index in [1.54, 1.807) is 18.2 Å². The van der Waals surface area contributed by atoms with E-state index in [0.29, 0.717) is 5.39 Å². The summed E-state index contributed by atoms with van der Waals surface area (Å²) in [6, 6.07) is 10.3. The molecule has 0 saturated heterocycles. The van der Waals surface area contributed by atoms with Crippen LogP contribution in [0.5, 0.6) is 5.75 Å². The van der Waals surface area contributed by atoms with Gasteiger partial charge in [-0.3, -0.25) is 9.35 Å². The number of ether oxygens (including phenoxy) is 1. The van der Waals surface area contributed by atoms with Crippen molar-refractivity contribution in [1.29, 1.82) is 0 Å². The first-order valence-corrected chi connectivity index (χ1v) is 9.08. The Morgan fingerprint density at radius 3 is 2.40 bits per heavy atom. The number of hydrogen-bond donors (Lipinski definition) is 1. The van der Waals surface area contributed by atoms with Crippen LogP contribution in [0.1, 0.15) is 38.2 Å². The quantitative estimate of drug-likeness (QED) is 0.468. The van der Waals surface area contributed by atoms with E-state index in [0.717, 1.165) is 17.4 Å². The van der Waals surface area contributed by atoms with Gasteiger partial charge >= 0.3 is 21.3 Å². The van der Waals surface area contributed by atoms with Crippen molar-refractivity contribution in [2.45, 2.75) is 37.9 Å². The Bertz CT molecular complexity index is 893. The Labute approximate surface area is 144 Å². The third-order valence-electron chi connectivity index (χ3n) is 4.01. The number of alkyl halides is 2. The van der Waals surface area contributed by atoms with E-state index in [2.05, 4.69) is 0 Å². The Morgan fingerprint density at radius 2 is 1.80 bits per heavy atom. The summed E-state index contributed by atoms with van der Waals surface area (Å²) in [5.74, 6) is -1.15. The lowest BCUT2D eigenvalue weighted by Gasteiger charge is -2.15. The average Bonchev–Trinajstić information content (AvgIpc) is 2.52. The van der Waals surface area contributed by atoms with Gasteiger partial charge in [0.05, 0.1) is 0 Å². The highest BCUT2D eigenvalue weighted by atomic mass is 32.2. The first kappa shape index (κ1) is 19.3. The predicted octanol–water partition coefficient (Wildman–Crippen LogP) is 4.13. The van der Waals surface area contributed by atoms with Crippen molar-refractivity contribution in [2.75, 3.05) is 0 Å². The highest BCUT2D eigenvalue weighted by Gasteiger charge is 2.46. The van der Waals surface area contributed by atoms with Gasteiger partial charge in [-0.1, -0.05) is 44.2 Å². The number of fused-ring (bicyclic) bond motifs is 1. The number of benzene rings is 2. The van der Waals surface area contributed by atoms with Crippen LogP contribution in [-0.2, 0) is 14.9 Å². The van der Waals surface area contributed by atoms with E-state index in [9.17, 15) is 22.0 Å². The lowest BCUT2D eigenvalue weighted by atomic mass is 9.93. The minimum atomic E-state index is -5.69. The van der Waals surface area contributed by atoms with Gasteiger partial charge in [0.2, 0.25) is 0 Å². The Morgan fingerprint density at radius 1 is 1.20 bits per heavy atom. The molecule has 5 nitrogen and oxygen atoms in total. The van der Waals surface area contributed by atoms with Crippen LogP contribution in [0.3, 0.4) is 0 Å². The second kappa shape index (κ2) is 7.05. The summed E-state index contributed by atoms with van der Waals surface area (Å²) in [5, 5.41) is -3.22. The zero-order valence-corrected chi connectivity index (χ0v) is 14.5. The molecule has 0 aromatic heterocycles. The second-order valence-electron chi connectivity index (χ2n) is 5.77. The molecule has 0 spiro atoms. The van der Waals surface area contributed by atoms with E-state index in [-0.39, 0.29) is 11.7 Å². The molecule has 0 aliphatic heterocycles. The van der Waals surface area contributed by atoms with E-state index in [1.807, 2.05) is 26.0 Å². The fourth-order valence-corrected chi connectivity index (χ4v) is 2.76. The number of hydrogen-bond acceptors (Lipinski definition) is 4. The molecule has 1 unspecified atom stereocenters. The van der Waals surface area contributed by atoms with Crippen LogP contribution in [0, 0.1) is 0 Å². The van der Waals surface area contributed by atoms with Gasteiger partial charge in [-0.2, -0.15) is 17.2 Å². The predicted molar refractivity (Wildman–Crippen MR) is 89.4 cm³/mol. The van der Waals surface area contributed by atoms with Crippen molar-refractivity contribution in [3.63, 3.8) is 0 Å². The Balaban J connectivity index is 2.35. The molecule has 2 aromatic rings. The summed E-state index contributed by atoms with van der Waals surface area (Å²) in [6.07, 6.45) is -0.878. The van der Waals surface area contributed by atoms with Gasteiger partial charge in [0.15, 0.2) is 0 Å². The Kier molecular flexibility index (Phi) is 5.43. The van der Waals surface area contributed by atoms with Gasteiger partial charge in [-0.25, -0.2) is 0 Å². The van der Waals surface area contributed by atoms with Crippen LogP contribution >= 0.6 is 0 Å². The normalized spacial score (nSPS) is 13.6. The lowest BCUT2D eigenvalue weighted by Crippen LogP contribution is -2.32. The summed E-state index contributed by atoms with van der Waals surface area (Å²) in [6.45, 7) is 4.07. The molecule has 1 N–H and O–H groups in total. The zero-order chi connectivity index (χ0) is 18.8. The fourth-order valence-electron chi connectivity index (χ4n) is 2.46. The standard InChI is InChI=1S/C17H18F2O5S/c1-3-11(2)12-6-4-8-14-13(12)7-5-9-15(14)24-16(20)10-17(18,19)25(21,22)23/h4-9,11H,3,10H2,1-2H3,(H,21,22,23). The molecule has 8 heteroatoms. The first-order chi connectivity index (χ1) is 11.6. The number of carbonyl (C=O) groups is 1. The van der Waals surface area contributed by atoms with Crippen LogP contribution in [0.4, 0.5) is 8.78 Å². The first-order valence-electron chi connectivity index (χ1n) is 7.64. The molecule has 0 amide bonds. The number of esters is 1. The molecule has 2 rings (SSSR count). The number of carbonyl (C=O) groups excluding carboxylic acids is 1. The summed E-state index contributed by atoms with van der Waals surface area (Å²) in [7, 11) is -5.69. The molecule has 0 saturated carbocycles. The van der Waals surface area contributed by atoms with E-state index >= 15 is 0 Å². The van der Waals surface area contributed by atoms with Crippen molar-refractivity contribution < 1.29 is 31.3 Å². The fraction of sp³-hybridized carbons (Fsp3) is 0.353. The number of halogens is 2. The minimum Gasteiger partial charge on any atom is -0.426 e. The van der Waals surface area contributed by atoms with Crippen LogP contribution in [0.2, 0.25) is 0 Å². The average molecular weight is 372 g/mol. The summed E-state index contributed by atoms with van der Waals surface area (Å²) in [4.78, 5) is 11.7. The SMILES string of the molecule is CCC(C)c1cccc2c(OC(=O)CC(F)(F)S(=O)(=O)O)cccc12. The molecule has 0 radical (unpaired) electrons. The topological polar surface area (TPSA) is 80.7 Å². The minimum absolute atomic E-state index is 0.0544. The smallest absolute Gasteiger partial charge is 0.380 e. The van der Waals surface area contributed by atoms with Crippen LogP contribution in [0.25, 0.3) is 10.8 Å². The van der Waals surface area contributed by atoms with Gasteiger partial charge in [0, 0.05) is 5.39 Å². The van der Waals surface area contributed by atoms with E-state index in [4.69, 9.17) is 9.29 Å². The van der Waals surface area contributed by atoms with Crippen LogP contribution in [-0.4, -0.2) is 24.2 Å². The summed E-state index contributed by atoms with van der Waals surface area (Å²) in [5.41, 5.74) is 1.03. The molecular weight excluding hydrogens is 354 g/mol. The largest absolute Gasteiger partial charge is 0.426 e. The maximum Gasteiger partial charge on any atom is 0.380 e. The zero-order valence-electron chi connectivity index (χ0n) is 13.7. The van der Waals surface area contributed by atoms with Crippen molar-refractivity contribution in [1.82, 2.24) is 0 Å². The third kappa shape index (κ3) is 4.13. The molecule has 0 bridgehead atoms. The highest BCUT2D eigenvalue weighted by Crippen LogP contribution is 2.33. The molecule has 136 valence electrons. The van der Waals surface area contributed by atoms with Crippen molar-refractivity contribution >= 4 is 26.9 Å². The van der Waals surface area contributed by atoms with Gasteiger partial charge in [-0.15, -0.1) is 0 Å². The van der Waals surface area contributed by atoms with Crippen molar-refractivity contribution in [2.24, 2.45) is 0 Å². The lowest BCUT2D eigenvalue weighted by molar-refractivity contribution is -0.138. The Hall–Kier alpha value is -2.06. The molecule has 2 aromatic carbocycles. The van der Waals surface area contributed by atoms with Gasteiger partial charge < -0.3 is 4.74 Å². The monoisotopic (exact) mass is 372 g/mol. The molecule has 0 heterocycles. The summed E-state index contributed by atoms with van der Waals surface area (Å²) < 4.78 is 61.2. The van der Waals surface area contributed by atoms with Gasteiger partial charge in [0.1, 0.15) is 12.2 Å². The van der Waals surface area contributed by atoms with E-state index < -0.39 is 27.8 Å². The summed E-state index contributed by atoms with van der Waals surface area (Å²) >= 11 is 0. The van der Waals surface area contributed by atoms with Crippen molar-refractivity contribution in [3.8, 4) is 5.75 Å². The molecular formula is C17H18F2O5S. The van der Waals surface area contributed by atoms with Crippen LogP contribution in [0.15, 0.2) is 36.4 Å².